The third-order valence-corrected chi connectivity index (χ3v) is 2.99. The average molecular weight is 258 g/mol. The molecule has 0 amide bonds. The molecule has 1 aromatic carbocycles. The highest BCUT2D eigenvalue weighted by Gasteiger charge is 2.10. The summed E-state index contributed by atoms with van der Waals surface area (Å²) in [5, 5.41) is 8.83. The molecule has 14 heavy (non-hydrogen) atoms. The smallest absolute Gasteiger partial charge is 0.0558 e. The van der Waals surface area contributed by atoms with Crippen molar-refractivity contribution in [2.24, 2.45) is 0 Å². The standard InChI is InChI=1S/C11H16BrNO/c1-9(13(2)7-8-14)10-3-5-11(12)6-4-10/h3-6,9,14H,7-8H2,1-2H3. The number of hydrogen-bond acceptors (Lipinski definition) is 2. The van der Waals surface area contributed by atoms with Crippen molar-refractivity contribution < 1.29 is 5.11 Å². The summed E-state index contributed by atoms with van der Waals surface area (Å²) in [6.45, 7) is 3.05. The Morgan fingerprint density at radius 2 is 1.93 bits per heavy atom. The predicted octanol–water partition coefficient (Wildman–Crippen LogP) is 2.43. The van der Waals surface area contributed by atoms with Gasteiger partial charge in [-0.15, -0.1) is 0 Å². The van der Waals surface area contributed by atoms with E-state index in [1.165, 1.54) is 5.56 Å². The van der Waals surface area contributed by atoms with E-state index in [0.29, 0.717) is 12.6 Å². The molecule has 3 heteroatoms. The molecule has 1 aromatic rings. The summed E-state index contributed by atoms with van der Waals surface area (Å²) in [5.41, 5.74) is 1.27. The minimum absolute atomic E-state index is 0.206. The Bertz CT molecular complexity index is 273. The molecule has 1 unspecified atom stereocenters. The number of nitrogens with zero attached hydrogens (tertiary/aromatic N) is 1. The number of rotatable bonds is 4. The number of likely N-dealkylation sites (N-methyl/N-ethyl adjacent to an activating group) is 1. The minimum atomic E-state index is 0.206. The van der Waals surface area contributed by atoms with Gasteiger partial charge in [-0.25, -0.2) is 0 Å². The summed E-state index contributed by atoms with van der Waals surface area (Å²) >= 11 is 3.41. The molecule has 1 rings (SSSR count). The number of aliphatic hydroxyl groups excluding tert-OH is 1. The predicted molar refractivity (Wildman–Crippen MR) is 62.3 cm³/mol. The molecule has 0 fully saturated rings. The van der Waals surface area contributed by atoms with Crippen LogP contribution < -0.4 is 0 Å². The van der Waals surface area contributed by atoms with Crippen LogP contribution in [0, 0.1) is 0 Å². The van der Waals surface area contributed by atoms with Gasteiger partial charge in [0.05, 0.1) is 6.61 Å². The highest BCUT2D eigenvalue weighted by atomic mass is 79.9. The summed E-state index contributed by atoms with van der Waals surface area (Å²) in [6, 6.07) is 8.62. The van der Waals surface area contributed by atoms with Gasteiger partial charge in [0, 0.05) is 17.1 Å². The van der Waals surface area contributed by atoms with Crippen LogP contribution >= 0.6 is 15.9 Å². The first-order valence-corrected chi connectivity index (χ1v) is 5.51. The van der Waals surface area contributed by atoms with Gasteiger partial charge in [-0.3, -0.25) is 4.90 Å². The van der Waals surface area contributed by atoms with Gasteiger partial charge in [-0.1, -0.05) is 28.1 Å². The van der Waals surface area contributed by atoms with Crippen LogP contribution in [0.15, 0.2) is 28.7 Å². The summed E-state index contributed by atoms with van der Waals surface area (Å²) in [4.78, 5) is 2.13. The third kappa shape index (κ3) is 3.08. The molecule has 1 N–H and O–H groups in total. The molecule has 0 saturated heterocycles. The minimum Gasteiger partial charge on any atom is -0.395 e. The molecule has 0 aliphatic rings. The largest absolute Gasteiger partial charge is 0.395 e. The molecule has 0 radical (unpaired) electrons. The maximum absolute atomic E-state index is 8.83. The van der Waals surface area contributed by atoms with Crippen molar-refractivity contribution in [1.29, 1.82) is 0 Å². The number of aliphatic hydroxyl groups is 1. The zero-order chi connectivity index (χ0) is 10.6. The Morgan fingerprint density at radius 1 is 1.36 bits per heavy atom. The highest BCUT2D eigenvalue weighted by molar-refractivity contribution is 9.10. The zero-order valence-electron chi connectivity index (χ0n) is 8.57. The van der Waals surface area contributed by atoms with Crippen LogP contribution in [0.4, 0.5) is 0 Å². The molecule has 0 aliphatic heterocycles. The number of hydrogen-bond donors (Lipinski definition) is 1. The van der Waals surface area contributed by atoms with E-state index >= 15 is 0 Å². The molecule has 0 saturated carbocycles. The number of benzene rings is 1. The van der Waals surface area contributed by atoms with E-state index < -0.39 is 0 Å². The van der Waals surface area contributed by atoms with Crippen molar-refractivity contribution in [3.63, 3.8) is 0 Å². The van der Waals surface area contributed by atoms with E-state index in [2.05, 4.69) is 39.9 Å². The zero-order valence-corrected chi connectivity index (χ0v) is 10.2. The van der Waals surface area contributed by atoms with E-state index in [1.54, 1.807) is 0 Å². The lowest BCUT2D eigenvalue weighted by Crippen LogP contribution is -2.25. The van der Waals surface area contributed by atoms with E-state index in [4.69, 9.17) is 5.11 Å². The second kappa shape index (κ2) is 5.49. The fourth-order valence-corrected chi connectivity index (χ4v) is 1.61. The normalized spacial score (nSPS) is 13.2. The van der Waals surface area contributed by atoms with Gasteiger partial charge in [-0.05, 0) is 31.7 Å². The average Bonchev–Trinajstić information content (AvgIpc) is 2.18. The van der Waals surface area contributed by atoms with Gasteiger partial charge in [0.2, 0.25) is 0 Å². The summed E-state index contributed by atoms with van der Waals surface area (Å²) < 4.78 is 1.10. The van der Waals surface area contributed by atoms with Crippen molar-refractivity contribution in [2.45, 2.75) is 13.0 Å². The van der Waals surface area contributed by atoms with Gasteiger partial charge in [0.25, 0.3) is 0 Å². The highest BCUT2D eigenvalue weighted by Crippen LogP contribution is 2.20. The molecule has 0 aromatic heterocycles. The lowest BCUT2D eigenvalue weighted by atomic mass is 10.1. The lowest BCUT2D eigenvalue weighted by molar-refractivity contribution is 0.189. The summed E-state index contributed by atoms with van der Waals surface area (Å²) in [7, 11) is 2.02. The molecule has 2 nitrogen and oxygen atoms in total. The Kier molecular flexibility index (Phi) is 4.58. The van der Waals surface area contributed by atoms with Gasteiger partial charge >= 0.3 is 0 Å². The molecular formula is C11H16BrNO. The fraction of sp³-hybridized carbons (Fsp3) is 0.455. The first-order chi connectivity index (χ1) is 6.65. The Balaban J connectivity index is 2.68. The van der Waals surface area contributed by atoms with Gasteiger partial charge in [0.15, 0.2) is 0 Å². The monoisotopic (exact) mass is 257 g/mol. The second-order valence-electron chi connectivity index (χ2n) is 3.43. The van der Waals surface area contributed by atoms with Gasteiger partial charge < -0.3 is 5.11 Å². The molecule has 0 heterocycles. The molecular weight excluding hydrogens is 242 g/mol. The third-order valence-electron chi connectivity index (χ3n) is 2.47. The quantitative estimate of drug-likeness (QED) is 0.896. The molecule has 0 spiro atoms. The van der Waals surface area contributed by atoms with Crippen LogP contribution in [0.5, 0.6) is 0 Å². The van der Waals surface area contributed by atoms with Crippen LogP contribution in [-0.2, 0) is 0 Å². The first-order valence-electron chi connectivity index (χ1n) is 4.71. The Labute approximate surface area is 93.7 Å². The second-order valence-corrected chi connectivity index (χ2v) is 4.35. The van der Waals surface area contributed by atoms with Crippen molar-refractivity contribution in [1.82, 2.24) is 4.90 Å². The summed E-state index contributed by atoms with van der Waals surface area (Å²) in [6.07, 6.45) is 0. The summed E-state index contributed by atoms with van der Waals surface area (Å²) in [5.74, 6) is 0. The Hall–Kier alpha value is -0.380. The molecule has 1 atom stereocenters. The van der Waals surface area contributed by atoms with Crippen LogP contribution in [0.25, 0.3) is 0 Å². The van der Waals surface area contributed by atoms with Gasteiger partial charge in [-0.2, -0.15) is 0 Å². The van der Waals surface area contributed by atoms with Crippen LogP contribution in [0.1, 0.15) is 18.5 Å². The van der Waals surface area contributed by atoms with Gasteiger partial charge in [0.1, 0.15) is 0 Å². The SMILES string of the molecule is CC(c1ccc(Br)cc1)N(C)CCO. The maximum atomic E-state index is 8.83. The molecule has 0 aliphatic carbocycles. The van der Waals surface area contributed by atoms with E-state index in [1.807, 2.05) is 19.2 Å². The van der Waals surface area contributed by atoms with Crippen molar-refractivity contribution in [3.8, 4) is 0 Å². The van der Waals surface area contributed by atoms with E-state index in [0.717, 1.165) is 4.47 Å². The van der Waals surface area contributed by atoms with Crippen molar-refractivity contribution >= 4 is 15.9 Å². The van der Waals surface area contributed by atoms with Crippen LogP contribution in [-0.4, -0.2) is 30.2 Å². The molecule has 78 valence electrons. The number of halogens is 1. The van der Waals surface area contributed by atoms with Crippen molar-refractivity contribution in [3.05, 3.63) is 34.3 Å². The Morgan fingerprint density at radius 3 is 2.43 bits per heavy atom. The van der Waals surface area contributed by atoms with Crippen molar-refractivity contribution in [2.75, 3.05) is 20.2 Å². The molecule has 0 bridgehead atoms. The van der Waals surface area contributed by atoms with E-state index in [9.17, 15) is 0 Å². The lowest BCUT2D eigenvalue weighted by Gasteiger charge is -2.24. The van der Waals surface area contributed by atoms with Crippen LogP contribution in [0.3, 0.4) is 0 Å². The van der Waals surface area contributed by atoms with E-state index in [-0.39, 0.29) is 6.61 Å². The van der Waals surface area contributed by atoms with Crippen LogP contribution in [0.2, 0.25) is 0 Å². The maximum Gasteiger partial charge on any atom is 0.0558 e. The topological polar surface area (TPSA) is 23.5 Å². The fourth-order valence-electron chi connectivity index (χ4n) is 1.35. The first kappa shape index (κ1) is 11.7.